The number of hydrogen-bond donors (Lipinski definition) is 0. The average Bonchev–Trinajstić information content (AvgIpc) is 3.18. The van der Waals surface area contributed by atoms with Crippen LogP contribution in [0.1, 0.15) is 30.3 Å². The highest BCUT2D eigenvalue weighted by molar-refractivity contribution is 5.33. The summed E-state index contributed by atoms with van der Waals surface area (Å²) in [7, 11) is 1.64. The van der Waals surface area contributed by atoms with Gasteiger partial charge in [0.15, 0.2) is 0 Å². The van der Waals surface area contributed by atoms with E-state index in [1.165, 1.54) is 0 Å². The van der Waals surface area contributed by atoms with Crippen molar-refractivity contribution in [2.45, 2.75) is 25.4 Å². The summed E-state index contributed by atoms with van der Waals surface area (Å²) in [5.74, 6) is 2.00. The molecule has 2 aromatic heterocycles. The Kier molecular flexibility index (Phi) is 5.25. The van der Waals surface area contributed by atoms with Gasteiger partial charge in [-0.2, -0.15) is 0 Å². The van der Waals surface area contributed by atoms with Crippen molar-refractivity contribution in [3.8, 4) is 17.4 Å². The lowest BCUT2D eigenvalue weighted by atomic mass is 10.1. The van der Waals surface area contributed by atoms with Crippen molar-refractivity contribution < 1.29 is 9.47 Å². The zero-order valence-corrected chi connectivity index (χ0v) is 15.3. The molecular weight excluding hydrogens is 340 g/mol. The molecule has 0 spiro atoms. The first-order valence-electron chi connectivity index (χ1n) is 9.09. The van der Waals surface area contributed by atoms with E-state index in [9.17, 15) is 0 Å². The molecule has 0 bridgehead atoms. The zero-order chi connectivity index (χ0) is 18.5. The van der Waals surface area contributed by atoms with Gasteiger partial charge in [0.25, 0.3) is 0 Å². The van der Waals surface area contributed by atoms with E-state index in [2.05, 4.69) is 20.9 Å². The van der Waals surface area contributed by atoms with Gasteiger partial charge in [0.2, 0.25) is 5.88 Å². The second-order valence-electron chi connectivity index (χ2n) is 6.51. The van der Waals surface area contributed by atoms with Crippen molar-refractivity contribution in [3.63, 3.8) is 0 Å². The van der Waals surface area contributed by atoms with E-state index in [0.29, 0.717) is 11.6 Å². The molecule has 1 aliphatic rings. The average molecular weight is 362 g/mol. The van der Waals surface area contributed by atoms with Gasteiger partial charge in [-0.15, -0.1) is 0 Å². The van der Waals surface area contributed by atoms with Gasteiger partial charge < -0.3 is 9.47 Å². The van der Waals surface area contributed by atoms with Gasteiger partial charge in [-0.3, -0.25) is 14.9 Å². The summed E-state index contributed by atoms with van der Waals surface area (Å²) < 4.78 is 11.0. The number of ether oxygens (including phenoxy) is 2. The summed E-state index contributed by atoms with van der Waals surface area (Å²) in [4.78, 5) is 15.9. The Morgan fingerprint density at radius 2 is 1.93 bits per heavy atom. The highest BCUT2D eigenvalue weighted by Crippen LogP contribution is 2.32. The molecule has 6 nitrogen and oxygen atoms in total. The van der Waals surface area contributed by atoms with E-state index in [4.69, 9.17) is 14.5 Å². The molecular formula is C21H22N4O2. The first kappa shape index (κ1) is 17.4. The van der Waals surface area contributed by atoms with Crippen LogP contribution in [0.2, 0.25) is 0 Å². The summed E-state index contributed by atoms with van der Waals surface area (Å²) >= 11 is 0. The van der Waals surface area contributed by atoms with Gasteiger partial charge in [0.1, 0.15) is 11.5 Å². The van der Waals surface area contributed by atoms with Crippen molar-refractivity contribution in [1.29, 1.82) is 0 Å². The lowest BCUT2D eigenvalue weighted by Gasteiger charge is -2.23. The minimum absolute atomic E-state index is 0.235. The van der Waals surface area contributed by atoms with Crippen LogP contribution >= 0.6 is 0 Å². The van der Waals surface area contributed by atoms with Crippen molar-refractivity contribution >= 4 is 0 Å². The molecule has 1 atom stereocenters. The molecule has 1 unspecified atom stereocenters. The topological polar surface area (TPSA) is 60.4 Å². The summed E-state index contributed by atoms with van der Waals surface area (Å²) in [5.41, 5.74) is 2.01. The van der Waals surface area contributed by atoms with Crippen LogP contribution in [0, 0.1) is 0 Å². The predicted molar refractivity (Wildman–Crippen MR) is 102 cm³/mol. The predicted octanol–water partition coefficient (Wildman–Crippen LogP) is 4.01. The number of aromatic nitrogens is 3. The molecule has 27 heavy (non-hydrogen) atoms. The van der Waals surface area contributed by atoms with Crippen LogP contribution in [0.4, 0.5) is 0 Å². The van der Waals surface area contributed by atoms with Crippen LogP contribution in [0.3, 0.4) is 0 Å². The van der Waals surface area contributed by atoms with Crippen molar-refractivity contribution in [2.24, 2.45) is 0 Å². The number of rotatable bonds is 6. The van der Waals surface area contributed by atoms with Crippen LogP contribution in [0.25, 0.3) is 0 Å². The highest BCUT2D eigenvalue weighted by Gasteiger charge is 2.28. The van der Waals surface area contributed by atoms with Gasteiger partial charge in [-0.1, -0.05) is 6.07 Å². The van der Waals surface area contributed by atoms with Crippen LogP contribution in [0.5, 0.6) is 17.4 Å². The van der Waals surface area contributed by atoms with E-state index >= 15 is 0 Å². The minimum Gasteiger partial charge on any atom is -0.497 e. The maximum Gasteiger partial charge on any atom is 0.238 e. The molecule has 4 rings (SSSR count). The Balaban J connectivity index is 1.49. The molecule has 3 heterocycles. The van der Waals surface area contributed by atoms with Gasteiger partial charge in [0.05, 0.1) is 36.9 Å². The number of pyridine rings is 1. The molecule has 0 N–H and O–H groups in total. The molecule has 1 fully saturated rings. The monoisotopic (exact) mass is 362 g/mol. The van der Waals surface area contributed by atoms with E-state index < -0.39 is 0 Å². The molecule has 1 aromatic carbocycles. The summed E-state index contributed by atoms with van der Waals surface area (Å²) in [6.07, 6.45) is 7.52. The Morgan fingerprint density at radius 3 is 2.70 bits per heavy atom. The van der Waals surface area contributed by atoms with E-state index in [1.54, 1.807) is 13.3 Å². The van der Waals surface area contributed by atoms with Crippen LogP contribution in [0.15, 0.2) is 61.1 Å². The summed E-state index contributed by atoms with van der Waals surface area (Å²) in [5, 5.41) is 0. The van der Waals surface area contributed by atoms with Crippen LogP contribution in [-0.2, 0) is 6.54 Å². The van der Waals surface area contributed by atoms with Gasteiger partial charge in [-0.25, -0.2) is 4.98 Å². The number of likely N-dealkylation sites (tertiary alicyclic amines) is 1. The van der Waals surface area contributed by atoms with E-state index in [1.807, 2.05) is 48.8 Å². The van der Waals surface area contributed by atoms with Crippen molar-refractivity contribution in [2.75, 3.05) is 13.7 Å². The minimum atomic E-state index is 0.235. The third-order valence-corrected chi connectivity index (χ3v) is 4.71. The molecule has 138 valence electrons. The third-order valence-electron chi connectivity index (χ3n) is 4.71. The largest absolute Gasteiger partial charge is 0.497 e. The quantitative estimate of drug-likeness (QED) is 0.660. The van der Waals surface area contributed by atoms with Gasteiger partial charge in [-0.05, 0) is 55.8 Å². The van der Waals surface area contributed by atoms with Crippen molar-refractivity contribution in [1.82, 2.24) is 19.9 Å². The fourth-order valence-electron chi connectivity index (χ4n) is 3.39. The van der Waals surface area contributed by atoms with E-state index in [0.717, 1.165) is 43.1 Å². The van der Waals surface area contributed by atoms with Crippen molar-refractivity contribution in [3.05, 3.63) is 72.4 Å². The summed E-state index contributed by atoms with van der Waals surface area (Å²) in [6.45, 7) is 1.85. The SMILES string of the molecule is COc1ccc(Oc2cncc(C3CCCN3Cc3ccccn3)n2)cc1. The maximum atomic E-state index is 5.87. The second-order valence-corrected chi connectivity index (χ2v) is 6.51. The standard InChI is InChI=1S/C21H22N4O2/c1-26-17-7-9-18(10-8-17)27-21-14-22-13-19(24-21)20-6-4-12-25(20)15-16-5-2-3-11-23-16/h2-3,5,7-11,13-14,20H,4,6,12,15H2,1H3. The normalized spacial score (nSPS) is 17.0. The Morgan fingerprint density at radius 1 is 1.07 bits per heavy atom. The molecule has 0 radical (unpaired) electrons. The number of hydrogen-bond acceptors (Lipinski definition) is 6. The first-order chi connectivity index (χ1) is 13.3. The Labute approximate surface area is 158 Å². The Bertz CT molecular complexity index is 871. The fourth-order valence-corrected chi connectivity index (χ4v) is 3.39. The van der Waals surface area contributed by atoms with Crippen LogP contribution < -0.4 is 9.47 Å². The molecule has 0 saturated carbocycles. The molecule has 3 aromatic rings. The molecule has 1 saturated heterocycles. The smallest absolute Gasteiger partial charge is 0.238 e. The lowest BCUT2D eigenvalue weighted by molar-refractivity contribution is 0.240. The fraction of sp³-hybridized carbons (Fsp3) is 0.286. The molecule has 6 heteroatoms. The zero-order valence-electron chi connectivity index (χ0n) is 15.3. The third kappa shape index (κ3) is 4.23. The molecule has 1 aliphatic heterocycles. The second kappa shape index (κ2) is 8.14. The maximum absolute atomic E-state index is 5.87. The van der Waals surface area contributed by atoms with Crippen LogP contribution in [-0.4, -0.2) is 33.5 Å². The summed E-state index contributed by atoms with van der Waals surface area (Å²) in [6, 6.07) is 13.7. The van der Waals surface area contributed by atoms with Gasteiger partial charge in [0, 0.05) is 12.7 Å². The first-order valence-corrected chi connectivity index (χ1v) is 9.09. The number of nitrogens with zero attached hydrogens (tertiary/aromatic N) is 4. The Hall–Kier alpha value is -2.99. The van der Waals surface area contributed by atoms with E-state index in [-0.39, 0.29) is 6.04 Å². The number of methoxy groups -OCH3 is 1. The highest BCUT2D eigenvalue weighted by atomic mass is 16.5. The lowest BCUT2D eigenvalue weighted by Crippen LogP contribution is -2.24. The molecule has 0 aliphatic carbocycles. The van der Waals surface area contributed by atoms with Gasteiger partial charge >= 0.3 is 0 Å². The number of benzene rings is 1. The molecule has 0 amide bonds.